The number of pyridine rings is 2. The Kier molecular flexibility index (Phi) is 5.07. The average Bonchev–Trinajstić information content (AvgIpc) is 2.78. The molecule has 0 fully saturated rings. The van der Waals surface area contributed by atoms with Crippen LogP contribution in [0.15, 0.2) is 73.1 Å². The van der Waals surface area contributed by atoms with E-state index in [0.717, 1.165) is 16.5 Å². The number of amides is 1. The zero-order valence-corrected chi connectivity index (χ0v) is 16.0. The van der Waals surface area contributed by atoms with Gasteiger partial charge >= 0.3 is 0 Å². The van der Waals surface area contributed by atoms with E-state index in [-0.39, 0.29) is 5.91 Å². The lowest BCUT2D eigenvalue weighted by atomic mass is 10.0. The van der Waals surface area contributed by atoms with Gasteiger partial charge in [0.15, 0.2) is 0 Å². The number of rotatable bonds is 5. The summed E-state index contributed by atoms with van der Waals surface area (Å²) in [6.07, 6.45) is 3.26. The van der Waals surface area contributed by atoms with Gasteiger partial charge in [-0.2, -0.15) is 0 Å². The third kappa shape index (κ3) is 3.73. The third-order valence-corrected chi connectivity index (χ3v) is 4.56. The minimum Gasteiger partial charge on any atom is -0.497 e. The van der Waals surface area contributed by atoms with Crippen molar-refractivity contribution in [2.24, 2.45) is 0 Å². The van der Waals surface area contributed by atoms with Gasteiger partial charge in [-0.15, -0.1) is 0 Å². The van der Waals surface area contributed by atoms with Crippen molar-refractivity contribution >= 4 is 22.5 Å². The smallest absolute Gasteiger partial charge is 0.256 e. The number of aromatic nitrogens is 2. The quantitative estimate of drug-likeness (QED) is 0.545. The van der Waals surface area contributed by atoms with E-state index in [1.807, 2.05) is 36.4 Å². The first-order valence-corrected chi connectivity index (χ1v) is 9.03. The Labute approximate surface area is 168 Å². The molecular weight excluding hydrogens is 366 g/mol. The molecule has 0 spiro atoms. The summed E-state index contributed by atoms with van der Waals surface area (Å²) in [5.74, 6) is 1.07. The molecule has 0 aliphatic carbocycles. The molecule has 0 atom stereocenters. The summed E-state index contributed by atoms with van der Waals surface area (Å²) in [6.45, 7) is 0. The van der Waals surface area contributed by atoms with Gasteiger partial charge in [0.25, 0.3) is 5.91 Å². The van der Waals surface area contributed by atoms with Crippen molar-refractivity contribution in [3.05, 3.63) is 78.6 Å². The maximum atomic E-state index is 13.0. The van der Waals surface area contributed by atoms with E-state index >= 15 is 0 Å². The Morgan fingerprint density at radius 1 is 0.966 bits per heavy atom. The molecule has 0 radical (unpaired) electrons. The van der Waals surface area contributed by atoms with E-state index in [9.17, 15) is 4.79 Å². The van der Waals surface area contributed by atoms with Gasteiger partial charge in [-0.3, -0.25) is 9.78 Å². The van der Waals surface area contributed by atoms with Crippen LogP contribution in [0.5, 0.6) is 11.5 Å². The van der Waals surface area contributed by atoms with Crippen LogP contribution < -0.4 is 14.8 Å². The molecular formula is C23H19N3O3. The first-order valence-electron chi connectivity index (χ1n) is 9.03. The Hall–Kier alpha value is -3.93. The van der Waals surface area contributed by atoms with Gasteiger partial charge in [0, 0.05) is 23.2 Å². The average molecular weight is 385 g/mol. The highest BCUT2D eigenvalue weighted by Gasteiger charge is 2.16. The molecule has 2 heterocycles. The summed E-state index contributed by atoms with van der Waals surface area (Å²) in [7, 11) is 3.19. The van der Waals surface area contributed by atoms with Gasteiger partial charge in [0.2, 0.25) is 0 Å². The summed E-state index contributed by atoms with van der Waals surface area (Å²) < 4.78 is 10.8. The first kappa shape index (κ1) is 18.4. The fraction of sp³-hybridized carbons (Fsp3) is 0.0870. The maximum absolute atomic E-state index is 13.0. The topological polar surface area (TPSA) is 73.3 Å². The lowest BCUT2D eigenvalue weighted by molar-refractivity contribution is 0.102. The molecule has 0 saturated heterocycles. The zero-order valence-electron chi connectivity index (χ0n) is 16.0. The molecule has 6 nitrogen and oxygen atoms in total. The number of carbonyl (C=O) groups excluding carboxylic acids is 1. The van der Waals surface area contributed by atoms with Crippen LogP contribution in [0.4, 0.5) is 5.69 Å². The van der Waals surface area contributed by atoms with Gasteiger partial charge in [0.05, 0.1) is 42.9 Å². The highest BCUT2D eigenvalue weighted by Crippen LogP contribution is 2.34. The molecule has 0 saturated carbocycles. The molecule has 2 aromatic heterocycles. The number of anilines is 1. The molecule has 2 aromatic carbocycles. The van der Waals surface area contributed by atoms with E-state index in [0.29, 0.717) is 28.4 Å². The van der Waals surface area contributed by atoms with E-state index in [1.165, 1.54) is 0 Å². The summed E-state index contributed by atoms with van der Waals surface area (Å²) in [5, 5.41) is 3.66. The molecule has 144 valence electrons. The number of para-hydroxylation sites is 1. The molecule has 0 aliphatic heterocycles. The Morgan fingerprint density at radius 2 is 1.83 bits per heavy atom. The number of nitrogens with one attached hydrogen (secondary N) is 1. The molecule has 0 aliphatic rings. The van der Waals surface area contributed by atoms with Crippen molar-refractivity contribution in [3.63, 3.8) is 0 Å². The van der Waals surface area contributed by atoms with Gasteiger partial charge in [-0.1, -0.05) is 18.2 Å². The minimum absolute atomic E-state index is 0.231. The van der Waals surface area contributed by atoms with Crippen molar-refractivity contribution < 1.29 is 14.3 Å². The number of nitrogens with zero attached hydrogens (tertiary/aromatic N) is 2. The molecule has 4 rings (SSSR count). The van der Waals surface area contributed by atoms with Crippen LogP contribution in [0.1, 0.15) is 10.4 Å². The van der Waals surface area contributed by atoms with Crippen molar-refractivity contribution in [1.82, 2.24) is 9.97 Å². The largest absolute Gasteiger partial charge is 0.497 e. The van der Waals surface area contributed by atoms with E-state index in [1.54, 1.807) is 50.9 Å². The number of hydrogen-bond donors (Lipinski definition) is 1. The fourth-order valence-corrected chi connectivity index (χ4v) is 3.15. The second kappa shape index (κ2) is 7.98. The first-order chi connectivity index (χ1) is 14.2. The van der Waals surface area contributed by atoms with Crippen molar-refractivity contribution in [1.29, 1.82) is 0 Å². The van der Waals surface area contributed by atoms with Crippen LogP contribution in [-0.2, 0) is 0 Å². The highest BCUT2D eigenvalue weighted by atomic mass is 16.5. The number of hydrogen-bond acceptors (Lipinski definition) is 5. The van der Waals surface area contributed by atoms with Crippen molar-refractivity contribution in [2.45, 2.75) is 0 Å². The molecule has 1 N–H and O–H groups in total. The second-order valence-electron chi connectivity index (χ2n) is 6.33. The van der Waals surface area contributed by atoms with E-state index in [4.69, 9.17) is 14.5 Å². The van der Waals surface area contributed by atoms with E-state index < -0.39 is 0 Å². The minimum atomic E-state index is -0.231. The standard InChI is InChI=1S/C23H19N3O3/c1-28-16-9-10-18(22(12-16)29-2)21-13-19(17-7-3-4-8-20(17)26-21)23(27)25-15-6-5-11-24-14-15/h3-14H,1-2H3,(H,25,27). The Morgan fingerprint density at radius 3 is 2.59 bits per heavy atom. The van der Waals surface area contributed by atoms with Gasteiger partial charge in [0.1, 0.15) is 11.5 Å². The molecule has 0 bridgehead atoms. The molecule has 29 heavy (non-hydrogen) atoms. The summed E-state index contributed by atoms with van der Waals surface area (Å²) >= 11 is 0. The summed E-state index contributed by atoms with van der Waals surface area (Å²) in [6, 6.07) is 18.4. The molecule has 4 aromatic rings. The lowest BCUT2D eigenvalue weighted by Crippen LogP contribution is -2.13. The Bertz CT molecular complexity index is 1180. The maximum Gasteiger partial charge on any atom is 0.256 e. The van der Waals surface area contributed by atoms with Crippen LogP contribution in [-0.4, -0.2) is 30.1 Å². The monoisotopic (exact) mass is 385 g/mol. The summed E-state index contributed by atoms with van der Waals surface area (Å²) in [4.78, 5) is 21.8. The number of carbonyl (C=O) groups is 1. The van der Waals surface area contributed by atoms with Crippen LogP contribution in [0, 0.1) is 0 Å². The van der Waals surface area contributed by atoms with Crippen LogP contribution in [0.3, 0.4) is 0 Å². The second-order valence-corrected chi connectivity index (χ2v) is 6.33. The van der Waals surface area contributed by atoms with Crippen LogP contribution >= 0.6 is 0 Å². The molecule has 6 heteroatoms. The van der Waals surface area contributed by atoms with E-state index in [2.05, 4.69) is 10.3 Å². The van der Waals surface area contributed by atoms with Crippen molar-refractivity contribution in [2.75, 3.05) is 19.5 Å². The molecule has 0 unspecified atom stereocenters. The molecule has 1 amide bonds. The number of methoxy groups -OCH3 is 2. The SMILES string of the molecule is COc1ccc(-c2cc(C(=O)Nc3cccnc3)c3ccccc3n2)c(OC)c1. The highest BCUT2D eigenvalue weighted by molar-refractivity contribution is 6.13. The predicted octanol–water partition coefficient (Wildman–Crippen LogP) is 4.57. The predicted molar refractivity (Wildman–Crippen MR) is 112 cm³/mol. The number of benzene rings is 2. The van der Waals surface area contributed by atoms with Crippen molar-refractivity contribution in [3.8, 4) is 22.8 Å². The Balaban J connectivity index is 1.84. The van der Waals surface area contributed by atoms with Gasteiger partial charge in [-0.05, 0) is 36.4 Å². The number of ether oxygens (including phenoxy) is 2. The number of fused-ring (bicyclic) bond motifs is 1. The summed E-state index contributed by atoms with van der Waals surface area (Å²) in [5.41, 5.74) is 3.28. The normalized spacial score (nSPS) is 10.6. The van der Waals surface area contributed by atoms with Crippen LogP contribution in [0.25, 0.3) is 22.2 Å². The van der Waals surface area contributed by atoms with Gasteiger partial charge in [-0.25, -0.2) is 4.98 Å². The third-order valence-electron chi connectivity index (χ3n) is 4.56. The lowest BCUT2D eigenvalue weighted by Gasteiger charge is -2.13. The zero-order chi connectivity index (χ0) is 20.2. The van der Waals surface area contributed by atoms with Crippen LogP contribution in [0.2, 0.25) is 0 Å². The van der Waals surface area contributed by atoms with Gasteiger partial charge < -0.3 is 14.8 Å². The fourth-order valence-electron chi connectivity index (χ4n) is 3.15.